The summed E-state index contributed by atoms with van der Waals surface area (Å²) < 4.78 is 5.29. The highest BCUT2D eigenvalue weighted by molar-refractivity contribution is 5.23. The van der Waals surface area contributed by atoms with E-state index in [4.69, 9.17) is 4.74 Å². The fourth-order valence-corrected chi connectivity index (χ4v) is 2.76. The van der Waals surface area contributed by atoms with Gasteiger partial charge in [-0.05, 0) is 69.2 Å². The number of hydrogen-bond acceptors (Lipinski definition) is 2. The zero-order valence-corrected chi connectivity index (χ0v) is 12.3. The number of hydrogen-bond donors (Lipinski definition) is 1. The van der Waals surface area contributed by atoms with Crippen LogP contribution < -0.4 is 5.32 Å². The van der Waals surface area contributed by atoms with Crippen molar-refractivity contribution in [3.63, 3.8) is 0 Å². The van der Waals surface area contributed by atoms with Crippen molar-refractivity contribution in [2.75, 3.05) is 20.2 Å². The average Bonchev–Trinajstić information content (AvgIpc) is 2.47. The summed E-state index contributed by atoms with van der Waals surface area (Å²) in [6, 6.07) is 9.19. The summed E-state index contributed by atoms with van der Waals surface area (Å²) in [6.45, 7) is 4.52. The van der Waals surface area contributed by atoms with E-state index in [1.807, 2.05) is 0 Å². The molecule has 2 heteroatoms. The van der Waals surface area contributed by atoms with Gasteiger partial charge in [-0.15, -0.1) is 0 Å². The Kier molecular flexibility index (Phi) is 5.87. The minimum absolute atomic E-state index is 0.355. The molecule has 1 aliphatic heterocycles. The highest BCUT2D eigenvalue weighted by atomic mass is 16.5. The Balaban J connectivity index is 1.80. The third-order valence-electron chi connectivity index (χ3n) is 4.19. The molecule has 0 amide bonds. The lowest BCUT2D eigenvalue weighted by Crippen LogP contribution is -2.30. The van der Waals surface area contributed by atoms with Gasteiger partial charge < -0.3 is 10.1 Å². The molecule has 1 aromatic carbocycles. The summed E-state index contributed by atoms with van der Waals surface area (Å²) in [6.07, 6.45) is 6.50. The van der Waals surface area contributed by atoms with Crippen LogP contribution >= 0.6 is 0 Å². The number of methoxy groups -OCH3 is 1. The van der Waals surface area contributed by atoms with Crippen molar-refractivity contribution < 1.29 is 4.74 Å². The maximum absolute atomic E-state index is 5.29. The third-order valence-corrected chi connectivity index (χ3v) is 4.19. The molecule has 1 heterocycles. The van der Waals surface area contributed by atoms with Crippen LogP contribution in [0.25, 0.3) is 0 Å². The van der Waals surface area contributed by atoms with Gasteiger partial charge in [-0.25, -0.2) is 0 Å². The van der Waals surface area contributed by atoms with Gasteiger partial charge >= 0.3 is 0 Å². The lowest BCUT2D eigenvalue weighted by molar-refractivity contribution is 0.111. The van der Waals surface area contributed by atoms with Crippen LogP contribution in [-0.4, -0.2) is 26.3 Å². The van der Waals surface area contributed by atoms with Gasteiger partial charge in [0.1, 0.15) is 0 Å². The summed E-state index contributed by atoms with van der Waals surface area (Å²) in [5, 5.41) is 3.49. The first-order valence-corrected chi connectivity index (χ1v) is 7.59. The quantitative estimate of drug-likeness (QED) is 0.849. The summed E-state index contributed by atoms with van der Waals surface area (Å²) in [5.41, 5.74) is 2.91. The normalized spacial score (nSPS) is 21.3. The Morgan fingerprint density at radius 2 is 2.00 bits per heavy atom. The van der Waals surface area contributed by atoms with Crippen molar-refractivity contribution in [3.8, 4) is 0 Å². The first-order chi connectivity index (χ1) is 9.28. The van der Waals surface area contributed by atoms with E-state index in [1.54, 1.807) is 7.11 Å². The first-order valence-electron chi connectivity index (χ1n) is 7.59. The Morgan fingerprint density at radius 1 is 1.26 bits per heavy atom. The summed E-state index contributed by atoms with van der Waals surface area (Å²) in [4.78, 5) is 0. The van der Waals surface area contributed by atoms with Gasteiger partial charge in [0, 0.05) is 7.11 Å². The van der Waals surface area contributed by atoms with E-state index >= 15 is 0 Å². The molecule has 2 unspecified atom stereocenters. The number of rotatable bonds is 6. The molecule has 0 aromatic heterocycles. The zero-order valence-electron chi connectivity index (χ0n) is 12.3. The lowest BCUT2D eigenvalue weighted by Gasteiger charge is -2.22. The standard InChI is InChI=1S/C17H27NO/c1-14(19-2)5-6-15-7-9-16(10-8-15)12-17-4-3-11-18-13-17/h7-10,14,17-18H,3-6,11-13H2,1-2H3. The molecule has 2 atom stereocenters. The Hall–Kier alpha value is -0.860. The van der Waals surface area contributed by atoms with E-state index in [0.29, 0.717) is 6.10 Å². The Labute approximate surface area is 117 Å². The fourth-order valence-electron chi connectivity index (χ4n) is 2.76. The lowest BCUT2D eigenvalue weighted by atomic mass is 9.92. The maximum Gasteiger partial charge on any atom is 0.0546 e. The van der Waals surface area contributed by atoms with Gasteiger partial charge in [-0.3, -0.25) is 0 Å². The van der Waals surface area contributed by atoms with Crippen LogP contribution in [0.1, 0.15) is 37.3 Å². The number of ether oxygens (including phenoxy) is 1. The molecule has 0 aliphatic carbocycles. The minimum atomic E-state index is 0.355. The van der Waals surface area contributed by atoms with E-state index in [2.05, 4.69) is 36.5 Å². The highest BCUT2D eigenvalue weighted by Crippen LogP contribution is 2.17. The monoisotopic (exact) mass is 261 g/mol. The topological polar surface area (TPSA) is 21.3 Å². The number of benzene rings is 1. The van der Waals surface area contributed by atoms with Crippen molar-refractivity contribution in [1.29, 1.82) is 0 Å². The van der Waals surface area contributed by atoms with Crippen LogP contribution in [0.15, 0.2) is 24.3 Å². The molecular formula is C17H27NO. The van der Waals surface area contributed by atoms with Gasteiger partial charge in [0.25, 0.3) is 0 Å². The van der Waals surface area contributed by atoms with Gasteiger partial charge in [0.2, 0.25) is 0 Å². The second-order valence-corrected chi connectivity index (χ2v) is 5.82. The van der Waals surface area contributed by atoms with Crippen LogP contribution in [0.2, 0.25) is 0 Å². The van der Waals surface area contributed by atoms with E-state index in [1.165, 1.54) is 43.5 Å². The SMILES string of the molecule is COC(C)CCc1ccc(CC2CCCNC2)cc1. The first kappa shape index (κ1) is 14.5. The second kappa shape index (κ2) is 7.66. The average molecular weight is 261 g/mol. The highest BCUT2D eigenvalue weighted by Gasteiger charge is 2.13. The Bertz CT molecular complexity index is 354. The van der Waals surface area contributed by atoms with Crippen LogP contribution in [0.4, 0.5) is 0 Å². The van der Waals surface area contributed by atoms with Crippen LogP contribution in [-0.2, 0) is 17.6 Å². The van der Waals surface area contributed by atoms with Crippen LogP contribution in [0, 0.1) is 5.92 Å². The van der Waals surface area contributed by atoms with E-state index < -0.39 is 0 Å². The molecule has 1 saturated heterocycles. The maximum atomic E-state index is 5.29. The van der Waals surface area contributed by atoms with Gasteiger partial charge in [0.15, 0.2) is 0 Å². The fraction of sp³-hybridized carbons (Fsp3) is 0.647. The third kappa shape index (κ3) is 4.96. The van der Waals surface area contributed by atoms with Crippen LogP contribution in [0.3, 0.4) is 0 Å². The Morgan fingerprint density at radius 3 is 2.63 bits per heavy atom. The molecule has 2 nitrogen and oxygen atoms in total. The van der Waals surface area contributed by atoms with Crippen molar-refractivity contribution >= 4 is 0 Å². The van der Waals surface area contributed by atoms with Crippen molar-refractivity contribution in [1.82, 2.24) is 5.32 Å². The van der Waals surface area contributed by atoms with E-state index in [0.717, 1.165) is 18.8 Å². The largest absolute Gasteiger partial charge is 0.382 e. The molecule has 1 aliphatic rings. The van der Waals surface area contributed by atoms with Crippen molar-refractivity contribution in [3.05, 3.63) is 35.4 Å². The van der Waals surface area contributed by atoms with Crippen molar-refractivity contribution in [2.24, 2.45) is 5.92 Å². The molecule has 1 fully saturated rings. The predicted molar refractivity (Wildman–Crippen MR) is 80.5 cm³/mol. The number of nitrogens with one attached hydrogen (secondary N) is 1. The van der Waals surface area contributed by atoms with Gasteiger partial charge in [-0.2, -0.15) is 0 Å². The summed E-state index contributed by atoms with van der Waals surface area (Å²) in [5.74, 6) is 0.827. The van der Waals surface area contributed by atoms with E-state index in [9.17, 15) is 0 Å². The second-order valence-electron chi connectivity index (χ2n) is 5.82. The zero-order chi connectivity index (χ0) is 13.5. The molecule has 0 radical (unpaired) electrons. The van der Waals surface area contributed by atoms with Crippen LogP contribution in [0.5, 0.6) is 0 Å². The summed E-state index contributed by atoms with van der Waals surface area (Å²) in [7, 11) is 1.78. The molecule has 0 spiro atoms. The summed E-state index contributed by atoms with van der Waals surface area (Å²) >= 11 is 0. The number of piperidine rings is 1. The minimum Gasteiger partial charge on any atom is -0.382 e. The molecular weight excluding hydrogens is 234 g/mol. The predicted octanol–water partition coefficient (Wildman–Crippen LogP) is 3.20. The molecule has 19 heavy (non-hydrogen) atoms. The molecule has 2 rings (SSSR count). The molecule has 1 N–H and O–H groups in total. The molecule has 106 valence electrons. The molecule has 1 aromatic rings. The van der Waals surface area contributed by atoms with Gasteiger partial charge in [0.05, 0.1) is 6.10 Å². The van der Waals surface area contributed by atoms with Gasteiger partial charge in [-0.1, -0.05) is 24.3 Å². The van der Waals surface area contributed by atoms with Crippen molar-refractivity contribution in [2.45, 2.75) is 45.1 Å². The molecule has 0 saturated carbocycles. The number of aryl methyl sites for hydroxylation is 1. The smallest absolute Gasteiger partial charge is 0.0546 e. The van der Waals surface area contributed by atoms with E-state index in [-0.39, 0.29) is 0 Å². The molecule has 0 bridgehead atoms.